The number of hydrogen-bond donors (Lipinski definition) is 0. The van der Waals surface area contributed by atoms with Crippen molar-refractivity contribution in [3.05, 3.63) is 0 Å². The van der Waals surface area contributed by atoms with E-state index in [4.69, 9.17) is 0 Å². The van der Waals surface area contributed by atoms with Crippen LogP contribution >= 0.6 is 11.8 Å². The first-order valence-electron chi connectivity index (χ1n) is 5.28. The van der Waals surface area contributed by atoms with Crippen LogP contribution in [-0.4, -0.2) is 35.9 Å². The van der Waals surface area contributed by atoms with Gasteiger partial charge in [-0.15, -0.1) is 0 Å². The average Bonchev–Trinajstić information content (AvgIpc) is 2.04. The highest BCUT2D eigenvalue weighted by atomic mass is 32.2. The van der Waals surface area contributed by atoms with Gasteiger partial charge in [-0.05, 0) is 12.0 Å². The summed E-state index contributed by atoms with van der Waals surface area (Å²) in [4.78, 5) is 0. The van der Waals surface area contributed by atoms with Gasteiger partial charge in [0.2, 0.25) is 0 Å². The highest BCUT2D eigenvalue weighted by molar-refractivity contribution is 7.98. The summed E-state index contributed by atoms with van der Waals surface area (Å²) in [7, 11) is 0. The largest absolute Gasteiger partial charge is 0.239 e. The Labute approximate surface area is 87.6 Å². The van der Waals surface area contributed by atoms with E-state index in [9.17, 15) is 0 Å². The molecular weight excluding hydrogens is 178 g/mol. The monoisotopic (exact) mass is 202 g/mol. The normalized spacial score (nSPS) is 12.5. The molecule has 0 aromatic heterocycles. The third-order valence-corrected chi connectivity index (χ3v) is 2.51. The minimum Gasteiger partial charge on any atom is -0.239 e. The first kappa shape index (κ1) is 13.0. The van der Waals surface area contributed by atoms with Crippen LogP contribution in [0.2, 0.25) is 0 Å². The van der Waals surface area contributed by atoms with Crippen LogP contribution in [0.15, 0.2) is 0 Å². The van der Waals surface area contributed by atoms with Crippen LogP contribution in [0.4, 0.5) is 0 Å². The topological polar surface area (TPSA) is 3.01 Å². The molecule has 0 heterocycles. The van der Waals surface area contributed by atoms with E-state index in [0.717, 1.165) is 0 Å². The highest BCUT2D eigenvalue weighted by Gasteiger charge is 2.03. The zero-order valence-electron chi connectivity index (χ0n) is 9.55. The minimum absolute atomic E-state index is 0.681. The van der Waals surface area contributed by atoms with Gasteiger partial charge in [-0.3, -0.25) is 0 Å². The van der Waals surface area contributed by atoms with Gasteiger partial charge in [0.25, 0.3) is 0 Å². The fourth-order valence-electron chi connectivity index (χ4n) is 1.38. The average molecular weight is 202 g/mol. The van der Waals surface area contributed by atoms with E-state index in [0.29, 0.717) is 5.92 Å². The second-order valence-corrected chi connectivity index (χ2v) is 4.76. The van der Waals surface area contributed by atoms with E-state index in [2.05, 4.69) is 37.8 Å². The third-order valence-electron chi connectivity index (χ3n) is 1.81. The molecule has 0 aliphatic rings. The molecule has 0 radical (unpaired) electrons. The summed E-state index contributed by atoms with van der Waals surface area (Å²) in [6.07, 6.45) is 7.10. The summed E-state index contributed by atoms with van der Waals surface area (Å²) in [6, 6.07) is 0. The van der Waals surface area contributed by atoms with Crippen molar-refractivity contribution in [2.45, 2.75) is 33.6 Å². The van der Waals surface area contributed by atoms with Gasteiger partial charge < -0.3 is 0 Å². The fraction of sp³-hybridized carbons (Fsp3) is 0.909. The SMILES string of the molecule is CCC[N+](=CC(C)C)CCCSC. The molecule has 13 heavy (non-hydrogen) atoms. The summed E-state index contributed by atoms with van der Waals surface area (Å²) in [6.45, 7) is 9.18. The molecule has 0 aliphatic carbocycles. The van der Waals surface area contributed by atoms with Crippen LogP contribution in [-0.2, 0) is 0 Å². The van der Waals surface area contributed by atoms with E-state index in [-0.39, 0.29) is 0 Å². The van der Waals surface area contributed by atoms with Gasteiger partial charge in [0.15, 0.2) is 0 Å². The first-order chi connectivity index (χ1) is 6.20. The van der Waals surface area contributed by atoms with Crippen molar-refractivity contribution in [2.75, 3.05) is 25.1 Å². The number of thioether (sulfide) groups is 1. The first-order valence-corrected chi connectivity index (χ1v) is 6.68. The van der Waals surface area contributed by atoms with Crippen LogP contribution in [0.5, 0.6) is 0 Å². The smallest absolute Gasteiger partial charge is 0.143 e. The van der Waals surface area contributed by atoms with Gasteiger partial charge in [-0.1, -0.05) is 20.8 Å². The Hall–Kier alpha value is 0.0200. The predicted molar refractivity (Wildman–Crippen MR) is 64.2 cm³/mol. The summed E-state index contributed by atoms with van der Waals surface area (Å²) in [5.41, 5.74) is 0. The predicted octanol–water partition coefficient (Wildman–Crippen LogP) is 2.89. The summed E-state index contributed by atoms with van der Waals surface area (Å²) in [5, 5.41) is 0. The maximum atomic E-state index is 2.47. The lowest BCUT2D eigenvalue weighted by atomic mass is 10.2. The molecule has 0 atom stereocenters. The zero-order valence-corrected chi connectivity index (χ0v) is 10.4. The Kier molecular flexibility index (Phi) is 8.62. The summed E-state index contributed by atoms with van der Waals surface area (Å²) < 4.78 is 2.47. The fourth-order valence-corrected chi connectivity index (χ4v) is 1.80. The molecule has 0 amide bonds. The Morgan fingerprint density at radius 1 is 1.31 bits per heavy atom. The standard InChI is InChI=1S/C11H24NS/c1-5-7-12(10-11(2)3)8-6-9-13-4/h10-11H,5-9H2,1-4H3/q+1. The summed E-state index contributed by atoms with van der Waals surface area (Å²) >= 11 is 1.94. The zero-order chi connectivity index (χ0) is 10.1. The van der Waals surface area contributed by atoms with Gasteiger partial charge >= 0.3 is 0 Å². The number of nitrogens with zero attached hydrogens (tertiary/aromatic N) is 1. The Morgan fingerprint density at radius 3 is 2.46 bits per heavy atom. The van der Waals surface area contributed by atoms with Crippen molar-refractivity contribution in [1.29, 1.82) is 0 Å². The lowest BCUT2D eigenvalue weighted by molar-refractivity contribution is -0.525. The second-order valence-electron chi connectivity index (χ2n) is 3.78. The van der Waals surface area contributed by atoms with Crippen molar-refractivity contribution in [3.8, 4) is 0 Å². The molecule has 0 bridgehead atoms. The van der Waals surface area contributed by atoms with Gasteiger partial charge in [-0.25, -0.2) is 4.58 Å². The van der Waals surface area contributed by atoms with Crippen molar-refractivity contribution in [2.24, 2.45) is 5.92 Å². The molecule has 0 saturated heterocycles. The third kappa shape index (κ3) is 8.35. The molecule has 0 fully saturated rings. The quantitative estimate of drug-likeness (QED) is 0.348. The minimum atomic E-state index is 0.681. The highest BCUT2D eigenvalue weighted by Crippen LogP contribution is 1.97. The van der Waals surface area contributed by atoms with Gasteiger partial charge in [0.05, 0.1) is 0 Å². The molecule has 0 N–H and O–H groups in total. The van der Waals surface area contributed by atoms with E-state index in [1.165, 1.54) is 31.7 Å². The molecule has 0 saturated carbocycles. The van der Waals surface area contributed by atoms with Crippen LogP contribution in [0.3, 0.4) is 0 Å². The molecule has 0 rings (SSSR count). The van der Waals surface area contributed by atoms with Crippen molar-refractivity contribution in [1.82, 2.24) is 0 Å². The molecule has 78 valence electrons. The molecule has 1 nitrogen and oxygen atoms in total. The lowest BCUT2D eigenvalue weighted by Crippen LogP contribution is -2.18. The molecule has 0 aliphatic heterocycles. The van der Waals surface area contributed by atoms with E-state index in [1.807, 2.05) is 11.8 Å². The second kappa shape index (κ2) is 8.61. The Balaban J connectivity index is 3.80. The molecule has 0 aromatic rings. The maximum Gasteiger partial charge on any atom is 0.143 e. The van der Waals surface area contributed by atoms with Crippen LogP contribution in [0, 0.1) is 5.92 Å². The molecule has 0 spiro atoms. The van der Waals surface area contributed by atoms with Gasteiger partial charge in [-0.2, -0.15) is 11.8 Å². The molecule has 0 aromatic carbocycles. The van der Waals surface area contributed by atoms with Crippen molar-refractivity contribution < 1.29 is 4.58 Å². The van der Waals surface area contributed by atoms with E-state index in [1.54, 1.807) is 0 Å². The van der Waals surface area contributed by atoms with Gasteiger partial charge in [0, 0.05) is 18.8 Å². The number of hydrogen-bond acceptors (Lipinski definition) is 1. The maximum absolute atomic E-state index is 2.47. The molecule has 0 unspecified atom stereocenters. The van der Waals surface area contributed by atoms with Crippen LogP contribution in [0.25, 0.3) is 0 Å². The van der Waals surface area contributed by atoms with E-state index < -0.39 is 0 Å². The van der Waals surface area contributed by atoms with E-state index >= 15 is 0 Å². The summed E-state index contributed by atoms with van der Waals surface area (Å²) in [5.74, 6) is 1.97. The Bertz CT molecular complexity index is 141. The van der Waals surface area contributed by atoms with Gasteiger partial charge in [0.1, 0.15) is 19.3 Å². The number of rotatable bonds is 7. The van der Waals surface area contributed by atoms with Crippen LogP contribution in [0.1, 0.15) is 33.6 Å². The van der Waals surface area contributed by atoms with Crippen molar-refractivity contribution in [3.63, 3.8) is 0 Å². The lowest BCUT2D eigenvalue weighted by Gasteiger charge is -2.03. The molecular formula is C11H24NS+. The Morgan fingerprint density at radius 2 is 2.00 bits per heavy atom. The molecule has 2 heteroatoms. The van der Waals surface area contributed by atoms with Crippen molar-refractivity contribution >= 4 is 18.0 Å². The van der Waals surface area contributed by atoms with Crippen LogP contribution < -0.4 is 0 Å².